The summed E-state index contributed by atoms with van der Waals surface area (Å²) in [5.74, 6) is 0.162. The van der Waals surface area contributed by atoms with Gasteiger partial charge in [-0.15, -0.1) is 0 Å². The van der Waals surface area contributed by atoms with Crippen molar-refractivity contribution in [2.24, 2.45) is 5.41 Å². The monoisotopic (exact) mass is 286 g/mol. The summed E-state index contributed by atoms with van der Waals surface area (Å²) >= 11 is 0. The lowest BCUT2D eigenvalue weighted by Crippen LogP contribution is -2.52. The van der Waals surface area contributed by atoms with Crippen LogP contribution in [0, 0.1) is 5.41 Å². The van der Waals surface area contributed by atoms with Gasteiger partial charge in [-0.1, -0.05) is 20.8 Å². The molecule has 1 saturated heterocycles. The molecule has 20 heavy (non-hydrogen) atoms. The minimum Gasteiger partial charge on any atom is -0.391 e. The third-order valence-corrected chi connectivity index (χ3v) is 4.02. The van der Waals surface area contributed by atoms with Gasteiger partial charge in [0.25, 0.3) is 0 Å². The first-order valence-corrected chi connectivity index (χ1v) is 7.45. The Hall–Kier alpha value is -0.650. The molecular formula is C15H30N2O3. The number of ether oxygens (including phenoxy) is 1. The van der Waals surface area contributed by atoms with Crippen LogP contribution in [0.25, 0.3) is 0 Å². The normalized spacial score (nSPS) is 20.8. The van der Waals surface area contributed by atoms with Gasteiger partial charge in [0, 0.05) is 39.8 Å². The van der Waals surface area contributed by atoms with Crippen LogP contribution in [-0.4, -0.2) is 72.9 Å². The Morgan fingerprint density at radius 1 is 1.25 bits per heavy atom. The Bertz CT molecular complexity index is 307. The number of piperazine rings is 1. The smallest absolute Gasteiger partial charge is 0.225 e. The summed E-state index contributed by atoms with van der Waals surface area (Å²) in [5.41, 5.74) is -0.0964. The number of aliphatic hydroxyl groups excluding tert-OH is 1. The van der Waals surface area contributed by atoms with Crippen LogP contribution in [0.15, 0.2) is 0 Å². The van der Waals surface area contributed by atoms with Crippen LogP contribution >= 0.6 is 0 Å². The van der Waals surface area contributed by atoms with Crippen molar-refractivity contribution in [2.75, 3.05) is 39.8 Å². The molecule has 1 rings (SSSR count). The highest BCUT2D eigenvalue weighted by Gasteiger charge is 2.27. The maximum Gasteiger partial charge on any atom is 0.225 e. The molecule has 0 aromatic carbocycles. The van der Waals surface area contributed by atoms with E-state index in [2.05, 4.69) is 4.90 Å². The van der Waals surface area contributed by atoms with Gasteiger partial charge in [0.15, 0.2) is 0 Å². The van der Waals surface area contributed by atoms with Crippen molar-refractivity contribution in [1.82, 2.24) is 9.80 Å². The third-order valence-electron chi connectivity index (χ3n) is 4.02. The third kappa shape index (κ3) is 5.38. The van der Waals surface area contributed by atoms with E-state index in [4.69, 9.17) is 4.74 Å². The van der Waals surface area contributed by atoms with E-state index >= 15 is 0 Å². The van der Waals surface area contributed by atoms with E-state index in [9.17, 15) is 9.90 Å². The first kappa shape index (κ1) is 17.4. The molecule has 5 nitrogen and oxygen atoms in total. The number of carbonyl (C=O) groups excluding carboxylic acids is 1. The Morgan fingerprint density at radius 2 is 1.80 bits per heavy atom. The lowest BCUT2D eigenvalue weighted by atomic mass is 9.89. The van der Waals surface area contributed by atoms with E-state index in [1.54, 1.807) is 7.11 Å². The van der Waals surface area contributed by atoms with Crippen molar-refractivity contribution >= 4 is 5.91 Å². The number of methoxy groups -OCH3 is 1. The zero-order chi connectivity index (χ0) is 15.3. The van der Waals surface area contributed by atoms with Crippen molar-refractivity contribution in [1.29, 1.82) is 0 Å². The second-order valence-corrected chi connectivity index (χ2v) is 6.81. The number of amides is 1. The topological polar surface area (TPSA) is 53.0 Å². The van der Waals surface area contributed by atoms with E-state index < -0.39 is 0 Å². The number of rotatable bonds is 5. The van der Waals surface area contributed by atoms with Crippen molar-refractivity contribution in [2.45, 2.75) is 46.3 Å². The summed E-state index contributed by atoms with van der Waals surface area (Å²) in [7, 11) is 1.63. The van der Waals surface area contributed by atoms with Gasteiger partial charge < -0.3 is 14.7 Å². The predicted octanol–water partition coefficient (Wildman–Crippen LogP) is 0.963. The van der Waals surface area contributed by atoms with Gasteiger partial charge in [-0.2, -0.15) is 0 Å². The molecule has 1 N–H and O–H groups in total. The van der Waals surface area contributed by atoms with Gasteiger partial charge in [-0.05, 0) is 12.3 Å². The molecule has 0 saturated carbocycles. The summed E-state index contributed by atoms with van der Waals surface area (Å²) in [4.78, 5) is 16.2. The number of nitrogens with zero attached hydrogens (tertiary/aromatic N) is 2. The summed E-state index contributed by atoms with van der Waals surface area (Å²) in [6.07, 6.45) is 0.0858. The van der Waals surface area contributed by atoms with E-state index in [-0.39, 0.29) is 23.5 Å². The van der Waals surface area contributed by atoms with Crippen molar-refractivity contribution in [3.63, 3.8) is 0 Å². The van der Waals surface area contributed by atoms with Crippen LogP contribution < -0.4 is 0 Å². The molecule has 0 aromatic heterocycles. The molecule has 1 aliphatic rings. The van der Waals surface area contributed by atoms with Crippen molar-refractivity contribution in [3.8, 4) is 0 Å². The first-order chi connectivity index (χ1) is 9.24. The quantitative estimate of drug-likeness (QED) is 0.818. The zero-order valence-corrected chi connectivity index (χ0v) is 13.6. The molecule has 1 heterocycles. The Morgan fingerprint density at radius 3 is 2.25 bits per heavy atom. The first-order valence-electron chi connectivity index (χ1n) is 7.45. The highest BCUT2D eigenvalue weighted by molar-refractivity contribution is 5.76. The van der Waals surface area contributed by atoms with Crippen molar-refractivity contribution in [3.05, 3.63) is 0 Å². The Kier molecular flexibility index (Phi) is 6.43. The average molecular weight is 286 g/mol. The molecule has 0 aliphatic carbocycles. The van der Waals surface area contributed by atoms with Gasteiger partial charge in [0.05, 0.1) is 18.6 Å². The minimum atomic E-state index is -0.335. The van der Waals surface area contributed by atoms with E-state index in [1.165, 1.54) is 0 Å². The van der Waals surface area contributed by atoms with Gasteiger partial charge in [-0.25, -0.2) is 0 Å². The Balaban J connectivity index is 2.35. The number of hydrogen-bond donors (Lipinski definition) is 1. The molecule has 1 amide bonds. The maximum absolute atomic E-state index is 12.0. The second kappa shape index (κ2) is 7.38. The highest BCUT2D eigenvalue weighted by Crippen LogP contribution is 2.20. The second-order valence-electron chi connectivity index (χ2n) is 6.81. The fourth-order valence-electron chi connectivity index (χ4n) is 2.16. The Labute approximate surface area is 122 Å². The lowest BCUT2D eigenvalue weighted by Gasteiger charge is -2.38. The molecule has 2 atom stereocenters. The summed E-state index contributed by atoms with van der Waals surface area (Å²) in [6, 6.07) is 0. The molecule has 0 radical (unpaired) electrons. The van der Waals surface area contributed by atoms with Crippen LogP contribution in [-0.2, 0) is 9.53 Å². The zero-order valence-electron chi connectivity index (χ0n) is 13.6. The fraction of sp³-hybridized carbons (Fsp3) is 0.933. The van der Waals surface area contributed by atoms with Gasteiger partial charge >= 0.3 is 0 Å². The summed E-state index contributed by atoms with van der Waals surface area (Å²) in [5, 5.41) is 10.1. The standard InChI is InChI=1S/C15H30N2O3/c1-12(20-5)10-14(19)17-8-6-16(7-9-17)11-13(18)15(2,3)4/h12-13,18H,6-11H2,1-5H3/t12-,13-/m1/s1. The van der Waals surface area contributed by atoms with Gasteiger partial charge in [-0.3, -0.25) is 9.69 Å². The number of aliphatic hydroxyl groups is 1. The van der Waals surface area contributed by atoms with E-state index in [1.807, 2.05) is 32.6 Å². The van der Waals surface area contributed by atoms with Gasteiger partial charge in [0.2, 0.25) is 5.91 Å². The van der Waals surface area contributed by atoms with Crippen LogP contribution in [0.5, 0.6) is 0 Å². The predicted molar refractivity (Wildman–Crippen MR) is 79.6 cm³/mol. The van der Waals surface area contributed by atoms with E-state index in [0.29, 0.717) is 13.0 Å². The number of carbonyl (C=O) groups is 1. The molecule has 1 fully saturated rings. The van der Waals surface area contributed by atoms with Crippen LogP contribution in [0.1, 0.15) is 34.1 Å². The van der Waals surface area contributed by atoms with Crippen LogP contribution in [0.4, 0.5) is 0 Å². The largest absolute Gasteiger partial charge is 0.391 e. The summed E-state index contributed by atoms with van der Waals surface area (Å²) < 4.78 is 5.13. The molecule has 1 aliphatic heterocycles. The molecule has 5 heteroatoms. The molecule has 0 bridgehead atoms. The highest BCUT2D eigenvalue weighted by atomic mass is 16.5. The average Bonchev–Trinajstić information content (AvgIpc) is 2.38. The SMILES string of the molecule is CO[C@H](C)CC(=O)N1CCN(C[C@@H](O)C(C)(C)C)CC1. The number of hydrogen-bond acceptors (Lipinski definition) is 4. The summed E-state index contributed by atoms with van der Waals surface area (Å²) in [6.45, 7) is 11.9. The lowest BCUT2D eigenvalue weighted by molar-refractivity contribution is -0.135. The fourth-order valence-corrected chi connectivity index (χ4v) is 2.16. The molecule has 0 unspecified atom stereocenters. The van der Waals surface area contributed by atoms with Gasteiger partial charge in [0.1, 0.15) is 0 Å². The van der Waals surface area contributed by atoms with Crippen LogP contribution in [0.2, 0.25) is 0 Å². The maximum atomic E-state index is 12.0. The van der Waals surface area contributed by atoms with Crippen molar-refractivity contribution < 1.29 is 14.6 Å². The molecule has 0 spiro atoms. The molecule has 0 aromatic rings. The molecular weight excluding hydrogens is 256 g/mol. The molecule has 118 valence electrons. The number of β-amino-alcohol motifs (C(OH)–C–C–N with tert-alkyl or cyclic N) is 1. The minimum absolute atomic E-state index is 0.0248. The van der Waals surface area contributed by atoms with Crippen LogP contribution in [0.3, 0.4) is 0 Å². The van der Waals surface area contributed by atoms with E-state index in [0.717, 1.165) is 26.2 Å².